The van der Waals surface area contributed by atoms with Gasteiger partial charge >= 0.3 is 0 Å². The van der Waals surface area contributed by atoms with Gasteiger partial charge in [-0.2, -0.15) is 0 Å². The quantitative estimate of drug-likeness (QED) is 0.846. The fourth-order valence-corrected chi connectivity index (χ4v) is 2.49. The van der Waals surface area contributed by atoms with Crippen LogP contribution in [0.3, 0.4) is 0 Å². The number of rotatable bonds is 6. The van der Waals surface area contributed by atoms with Crippen LogP contribution in [0.4, 0.5) is 11.5 Å². The van der Waals surface area contributed by atoms with E-state index < -0.39 is 0 Å². The molecule has 1 amide bonds. The van der Waals surface area contributed by atoms with E-state index in [2.05, 4.69) is 20.6 Å². The van der Waals surface area contributed by atoms with E-state index in [0.717, 1.165) is 19.4 Å². The highest BCUT2D eigenvalue weighted by Crippen LogP contribution is 2.23. The molecule has 2 heterocycles. The van der Waals surface area contributed by atoms with Crippen molar-refractivity contribution in [2.24, 2.45) is 0 Å². The number of benzene rings is 1. The molecule has 1 unspecified atom stereocenters. The predicted octanol–water partition coefficient (Wildman–Crippen LogP) is 2.33. The number of aromatic nitrogens is 2. The number of carbonyl (C=O) groups is 1. The summed E-state index contributed by atoms with van der Waals surface area (Å²) < 4.78 is 10.7. The third-order valence-corrected chi connectivity index (χ3v) is 3.77. The number of methoxy groups -OCH3 is 1. The Morgan fingerprint density at radius 2 is 2.21 bits per heavy atom. The van der Waals surface area contributed by atoms with Crippen molar-refractivity contribution in [3.05, 3.63) is 42.4 Å². The lowest BCUT2D eigenvalue weighted by Crippen LogP contribution is -2.19. The van der Waals surface area contributed by atoms with Crippen molar-refractivity contribution in [3.63, 3.8) is 0 Å². The molecule has 1 aromatic heterocycles. The van der Waals surface area contributed by atoms with Crippen molar-refractivity contribution in [3.8, 4) is 5.75 Å². The summed E-state index contributed by atoms with van der Waals surface area (Å²) in [5, 5.41) is 5.94. The van der Waals surface area contributed by atoms with Gasteiger partial charge in [0, 0.05) is 13.2 Å². The Morgan fingerprint density at radius 1 is 1.33 bits per heavy atom. The van der Waals surface area contributed by atoms with E-state index in [1.807, 2.05) is 12.1 Å². The number of carbonyl (C=O) groups excluding carboxylic acids is 1. The van der Waals surface area contributed by atoms with Crippen molar-refractivity contribution in [2.75, 3.05) is 30.9 Å². The summed E-state index contributed by atoms with van der Waals surface area (Å²) in [5.41, 5.74) is 0.830. The zero-order chi connectivity index (χ0) is 16.8. The first-order chi connectivity index (χ1) is 11.8. The smallest absolute Gasteiger partial charge is 0.275 e. The maximum Gasteiger partial charge on any atom is 0.275 e. The minimum atomic E-state index is -0.335. The van der Waals surface area contributed by atoms with Crippen LogP contribution in [0.1, 0.15) is 23.3 Å². The van der Waals surface area contributed by atoms with E-state index in [1.54, 1.807) is 25.4 Å². The predicted molar refractivity (Wildman–Crippen MR) is 90.4 cm³/mol. The van der Waals surface area contributed by atoms with Gasteiger partial charge in [-0.1, -0.05) is 12.1 Å². The highest BCUT2D eigenvalue weighted by Gasteiger charge is 2.15. The zero-order valence-corrected chi connectivity index (χ0v) is 13.5. The Hall–Kier alpha value is -2.67. The SMILES string of the molecule is COc1ccccc1NC(=O)c1cnc(NCC2CCCO2)cn1. The third-order valence-electron chi connectivity index (χ3n) is 3.77. The van der Waals surface area contributed by atoms with Gasteiger partial charge in [0.25, 0.3) is 5.91 Å². The molecule has 0 spiro atoms. The second-order valence-corrected chi connectivity index (χ2v) is 5.46. The molecule has 1 aromatic carbocycles. The van der Waals surface area contributed by atoms with Crippen molar-refractivity contribution < 1.29 is 14.3 Å². The Bertz CT molecular complexity index is 684. The summed E-state index contributed by atoms with van der Waals surface area (Å²) in [4.78, 5) is 20.6. The lowest BCUT2D eigenvalue weighted by Gasteiger charge is -2.11. The molecule has 0 aliphatic carbocycles. The third kappa shape index (κ3) is 3.99. The van der Waals surface area contributed by atoms with Gasteiger partial charge < -0.3 is 20.1 Å². The number of amides is 1. The number of hydrogen-bond acceptors (Lipinski definition) is 6. The summed E-state index contributed by atoms with van der Waals surface area (Å²) >= 11 is 0. The molecule has 2 N–H and O–H groups in total. The fourth-order valence-electron chi connectivity index (χ4n) is 2.49. The van der Waals surface area contributed by atoms with Gasteiger partial charge in [0.15, 0.2) is 0 Å². The number of para-hydroxylation sites is 2. The Labute approximate surface area is 140 Å². The van der Waals surface area contributed by atoms with Crippen LogP contribution in [0.25, 0.3) is 0 Å². The topological polar surface area (TPSA) is 85.4 Å². The van der Waals surface area contributed by atoms with Gasteiger partial charge in [-0.25, -0.2) is 9.97 Å². The minimum absolute atomic E-state index is 0.223. The molecule has 0 saturated carbocycles. The van der Waals surface area contributed by atoms with Gasteiger partial charge in [0.05, 0.1) is 31.3 Å². The first kappa shape index (κ1) is 16.2. The Morgan fingerprint density at radius 3 is 2.92 bits per heavy atom. The van der Waals surface area contributed by atoms with Crippen LogP contribution in [0.15, 0.2) is 36.7 Å². The van der Waals surface area contributed by atoms with Crippen LogP contribution < -0.4 is 15.4 Å². The molecular formula is C17H20N4O3. The maximum atomic E-state index is 12.3. The molecule has 1 aliphatic rings. The monoisotopic (exact) mass is 328 g/mol. The Kier molecular flexibility index (Phi) is 5.22. The van der Waals surface area contributed by atoms with Gasteiger partial charge in [-0.15, -0.1) is 0 Å². The number of anilines is 2. The number of ether oxygens (including phenoxy) is 2. The maximum absolute atomic E-state index is 12.3. The van der Waals surface area contributed by atoms with Crippen molar-refractivity contribution >= 4 is 17.4 Å². The molecule has 3 rings (SSSR count). The average Bonchev–Trinajstić information content (AvgIpc) is 3.14. The number of nitrogens with zero attached hydrogens (tertiary/aromatic N) is 2. The lowest BCUT2D eigenvalue weighted by molar-refractivity contribution is 0.102. The van der Waals surface area contributed by atoms with E-state index >= 15 is 0 Å². The van der Waals surface area contributed by atoms with Crippen LogP contribution >= 0.6 is 0 Å². The summed E-state index contributed by atoms with van der Waals surface area (Å²) in [5.74, 6) is 0.880. The second-order valence-electron chi connectivity index (χ2n) is 5.46. The van der Waals surface area contributed by atoms with Crippen LogP contribution in [0, 0.1) is 0 Å². The molecule has 1 aliphatic heterocycles. The van der Waals surface area contributed by atoms with E-state index in [-0.39, 0.29) is 17.7 Å². The summed E-state index contributed by atoms with van der Waals surface area (Å²) in [6, 6.07) is 7.20. The summed E-state index contributed by atoms with van der Waals surface area (Å²) in [7, 11) is 1.55. The zero-order valence-electron chi connectivity index (χ0n) is 13.5. The van der Waals surface area contributed by atoms with Gasteiger partial charge in [-0.3, -0.25) is 4.79 Å². The minimum Gasteiger partial charge on any atom is -0.495 e. The molecule has 7 nitrogen and oxygen atoms in total. The highest BCUT2D eigenvalue weighted by atomic mass is 16.5. The van der Waals surface area contributed by atoms with Crippen molar-refractivity contribution in [2.45, 2.75) is 18.9 Å². The van der Waals surface area contributed by atoms with Crippen molar-refractivity contribution in [1.29, 1.82) is 0 Å². The van der Waals surface area contributed by atoms with E-state index in [1.165, 1.54) is 6.20 Å². The molecular weight excluding hydrogens is 308 g/mol. The lowest BCUT2D eigenvalue weighted by atomic mass is 10.2. The molecule has 0 bridgehead atoms. The van der Waals surface area contributed by atoms with Crippen LogP contribution in [-0.2, 0) is 4.74 Å². The first-order valence-corrected chi connectivity index (χ1v) is 7.88. The fraction of sp³-hybridized carbons (Fsp3) is 0.353. The molecule has 7 heteroatoms. The summed E-state index contributed by atoms with van der Waals surface area (Å²) in [6.07, 6.45) is 5.37. The van der Waals surface area contributed by atoms with E-state index in [0.29, 0.717) is 23.8 Å². The molecule has 0 radical (unpaired) electrons. The first-order valence-electron chi connectivity index (χ1n) is 7.88. The van der Waals surface area contributed by atoms with Gasteiger partial charge in [0.2, 0.25) is 0 Å². The average molecular weight is 328 g/mol. The molecule has 2 aromatic rings. The second kappa shape index (κ2) is 7.74. The Balaban J connectivity index is 1.59. The van der Waals surface area contributed by atoms with Gasteiger partial charge in [0.1, 0.15) is 17.3 Å². The highest BCUT2D eigenvalue weighted by molar-refractivity contribution is 6.03. The summed E-state index contributed by atoms with van der Waals surface area (Å²) in [6.45, 7) is 1.52. The molecule has 1 fully saturated rings. The molecule has 1 saturated heterocycles. The number of nitrogens with one attached hydrogen (secondary N) is 2. The molecule has 24 heavy (non-hydrogen) atoms. The molecule has 1 atom stereocenters. The van der Waals surface area contributed by atoms with Crippen LogP contribution in [0.5, 0.6) is 5.75 Å². The van der Waals surface area contributed by atoms with E-state index in [9.17, 15) is 4.79 Å². The van der Waals surface area contributed by atoms with Crippen molar-refractivity contribution in [1.82, 2.24) is 9.97 Å². The molecule has 126 valence electrons. The van der Waals surface area contributed by atoms with Crippen LogP contribution in [-0.4, -0.2) is 42.2 Å². The largest absolute Gasteiger partial charge is 0.495 e. The van der Waals surface area contributed by atoms with Gasteiger partial charge in [-0.05, 0) is 25.0 Å². The number of hydrogen-bond donors (Lipinski definition) is 2. The standard InChI is InChI=1S/C17H20N4O3/c1-23-15-7-3-2-6-13(15)21-17(22)14-10-20-16(11-18-14)19-9-12-5-4-8-24-12/h2-3,6-7,10-12H,4-5,8-9H2,1H3,(H,19,20)(H,21,22). The van der Waals surface area contributed by atoms with E-state index in [4.69, 9.17) is 9.47 Å². The van der Waals surface area contributed by atoms with Crippen LogP contribution in [0.2, 0.25) is 0 Å². The normalized spacial score (nSPS) is 16.6.